The maximum Gasteiger partial charge on any atom is 0.451 e. The van der Waals surface area contributed by atoms with E-state index in [0.29, 0.717) is 43.5 Å². The highest BCUT2D eigenvalue weighted by Crippen LogP contribution is 2.45. The number of para-hydroxylation sites is 2. The smallest absolute Gasteiger partial charge is 0.305 e. The molecule has 8 aromatic rings. The quantitative estimate of drug-likeness (QED) is 0.0292. The number of fused-ring (bicyclic) bond motifs is 3. The van der Waals surface area contributed by atoms with E-state index in [-0.39, 0.29) is 69.0 Å². The number of anilines is 4. The molecular formula is C43H24Cl10F6N12O3. The summed E-state index contributed by atoms with van der Waals surface area (Å²) in [7, 11) is 0. The molecule has 0 atom stereocenters. The highest BCUT2D eigenvalue weighted by atomic mass is 35.5. The van der Waals surface area contributed by atoms with Gasteiger partial charge in [0.2, 0.25) is 11.6 Å². The first-order valence-corrected chi connectivity index (χ1v) is 23.6. The molecule has 4 amide bonds. The third kappa shape index (κ3) is 13.4. The number of carbonyl (C=O) groups is 3. The van der Waals surface area contributed by atoms with E-state index in [2.05, 4.69) is 62.2 Å². The Morgan fingerprint density at radius 2 is 0.973 bits per heavy atom. The lowest BCUT2D eigenvalue weighted by Gasteiger charge is -2.15. The number of hydrogen-bond donors (Lipinski definition) is 6. The number of aryl methyl sites for hydroxylation is 2. The second-order valence-corrected chi connectivity index (χ2v) is 18.2. The summed E-state index contributed by atoms with van der Waals surface area (Å²) in [5.41, 5.74) is 10.7. The van der Waals surface area contributed by atoms with Crippen molar-refractivity contribution < 1.29 is 40.7 Å². The zero-order valence-electron chi connectivity index (χ0n) is 36.4. The second kappa shape index (κ2) is 24.0. The van der Waals surface area contributed by atoms with Gasteiger partial charge in [0.25, 0.3) is 0 Å². The van der Waals surface area contributed by atoms with E-state index in [9.17, 15) is 40.7 Å². The topological polar surface area (TPSA) is 201 Å². The van der Waals surface area contributed by atoms with Gasteiger partial charge in [-0.15, -0.1) is 0 Å². The van der Waals surface area contributed by atoms with Crippen LogP contribution in [0.2, 0.25) is 50.2 Å². The Morgan fingerprint density at radius 1 is 0.514 bits per heavy atom. The third-order valence-electron chi connectivity index (χ3n) is 9.27. The van der Waals surface area contributed by atoms with Gasteiger partial charge in [0.15, 0.2) is 17.9 Å². The van der Waals surface area contributed by atoms with E-state index in [1.165, 1.54) is 6.07 Å². The summed E-state index contributed by atoms with van der Waals surface area (Å²) in [6.07, 6.45) is -9.48. The maximum absolute atomic E-state index is 13.1. The molecule has 0 spiro atoms. The van der Waals surface area contributed by atoms with Crippen molar-refractivity contribution in [3.05, 3.63) is 146 Å². The first kappa shape index (κ1) is 57.7. The molecule has 8 rings (SSSR count). The van der Waals surface area contributed by atoms with Crippen molar-refractivity contribution in [2.45, 2.75) is 26.2 Å². The Hall–Kier alpha value is -5.59. The van der Waals surface area contributed by atoms with Crippen LogP contribution in [0.4, 0.5) is 58.9 Å². The van der Waals surface area contributed by atoms with Gasteiger partial charge in [0.05, 0.1) is 88.9 Å². The van der Waals surface area contributed by atoms with E-state index in [1.54, 1.807) is 74.5 Å². The predicted molar refractivity (Wildman–Crippen MR) is 278 cm³/mol. The minimum absolute atomic E-state index is 0.0619. The summed E-state index contributed by atoms with van der Waals surface area (Å²) in [6.45, 7) is 3.39. The number of rotatable bonds is 7. The van der Waals surface area contributed by atoms with Crippen LogP contribution in [0, 0.1) is 13.8 Å². The van der Waals surface area contributed by atoms with Crippen LogP contribution in [0.15, 0.2) is 66.7 Å². The average molecular weight is 1230 g/mol. The van der Waals surface area contributed by atoms with Gasteiger partial charge in [-0.05, 0) is 55.8 Å². The largest absolute Gasteiger partial charge is 0.451 e. The maximum atomic E-state index is 13.1. The normalized spacial score (nSPS) is 11.3. The van der Waals surface area contributed by atoms with Crippen molar-refractivity contribution in [1.82, 2.24) is 40.8 Å². The standard InChI is InChI=1S/C17H13ClF3N5O.C16H10Cl5N5O.C10HCl4F3N2O/c1-9-6-7-10-13(8-9)22-15(17(19,20)21)24-14(10)25-26-16(27)23-12-5-3-2-4-11(12)18;1-6-22-14-9(10(18)11(19)12(20)13(14)21)15(23-6)25-26-16(27)24-8-5-3-2-4-7(8)17;11-4-3-2(1-20)18-9(10(15,16)17)19-8(3)7(14)6(13)5(4)12/h2-8H,1H3,(H,22,24,25)(H2,23,26,27);2-5H,1H3,(H,22,23,25)(H2,24,26,27);1H. The van der Waals surface area contributed by atoms with Crippen molar-refractivity contribution in [3.63, 3.8) is 0 Å². The molecule has 0 aliphatic heterocycles. The lowest BCUT2D eigenvalue weighted by molar-refractivity contribution is -0.145. The summed E-state index contributed by atoms with van der Waals surface area (Å²) in [4.78, 5) is 57.0. The van der Waals surface area contributed by atoms with Crippen molar-refractivity contribution >= 4 is 190 Å². The molecule has 15 nitrogen and oxygen atoms in total. The van der Waals surface area contributed by atoms with Crippen molar-refractivity contribution in [1.29, 1.82) is 0 Å². The van der Waals surface area contributed by atoms with Gasteiger partial charge in [-0.25, -0.2) is 39.5 Å². The van der Waals surface area contributed by atoms with Crippen LogP contribution in [0.5, 0.6) is 0 Å². The summed E-state index contributed by atoms with van der Waals surface area (Å²) < 4.78 is 77.2. The molecule has 6 N–H and O–H groups in total. The number of nitrogens with one attached hydrogen (secondary N) is 6. The average Bonchev–Trinajstić information content (AvgIpc) is 3.35. The van der Waals surface area contributed by atoms with Crippen LogP contribution in [0.3, 0.4) is 0 Å². The highest BCUT2D eigenvalue weighted by Gasteiger charge is 2.37. The SMILES string of the molecule is Cc1ccc2c(NNC(=O)Nc3ccccc3Cl)nc(C(F)(F)F)nc2c1.Cc1nc(NNC(=O)Nc2ccccc2Cl)c2c(Cl)c(Cl)c(Cl)c(Cl)c2n1.O=Cc1nc(C(F)(F)F)nc2c(Cl)c(Cl)c(Cl)c(Cl)c12. The number of nitrogens with zero attached hydrogens (tertiary/aromatic N) is 6. The van der Waals surface area contributed by atoms with E-state index >= 15 is 0 Å². The van der Waals surface area contributed by atoms with E-state index in [4.69, 9.17) is 116 Å². The first-order valence-electron chi connectivity index (χ1n) is 19.8. The fraction of sp³-hybridized carbons (Fsp3) is 0.0930. The molecule has 3 aromatic heterocycles. The van der Waals surface area contributed by atoms with Crippen LogP contribution in [0.1, 0.15) is 33.5 Å². The number of aldehydes is 1. The van der Waals surface area contributed by atoms with Crippen LogP contribution < -0.4 is 32.3 Å². The third-order valence-corrected chi connectivity index (χ3v) is 13.5. The van der Waals surface area contributed by atoms with Crippen LogP contribution in [-0.2, 0) is 12.4 Å². The lowest BCUT2D eigenvalue weighted by Crippen LogP contribution is -2.34. The molecule has 0 unspecified atom stereocenters. The predicted octanol–water partition coefficient (Wildman–Crippen LogP) is 16.2. The lowest BCUT2D eigenvalue weighted by atomic mass is 10.1. The van der Waals surface area contributed by atoms with E-state index in [1.807, 2.05) is 0 Å². The molecule has 5 aromatic carbocycles. The number of halogens is 16. The van der Waals surface area contributed by atoms with Gasteiger partial charge in [0, 0.05) is 5.39 Å². The van der Waals surface area contributed by atoms with Gasteiger partial charge >= 0.3 is 24.4 Å². The number of alkyl halides is 6. The fourth-order valence-corrected chi connectivity index (χ4v) is 8.36. The molecule has 0 radical (unpaired) electrons. The van der Waals surface area contributed by atoms with Crippen molar-refractivity contribution in [2.24, 2.45) is 0 Å². The van der Waals surface area contributed by atoms with Crippen LogP contribution >= 0.6 is 116 Å². The summed E-state index contributed by atoms with van der Waals surface area (Å²) >= 11 is 59.8. The fourth-order valence-electron chi connectivity index (χ4n) is 6.03. The molecule has 3 heterocycles. The van der Waals surface area contributed by atoms with Crippen molar-refractivity contribution in [3.8, 4) is 0 Å². The summed E-state index contributed by atoms with van der Waals surface area (Å²) in [5, 5.41) is 5.59. The molecule has 0 bridgehead atoms. The number of aromatic nitrogens is 6. The molecule has 0 aliphatic carbocycles. The molecular weight excluding hydrogens is 1200 g/mol. The molecule has 0 aliphatic rings. The first-order chi connectivity index (χ1) is 34.7. The monoisotopic (exact) mass is 1220 g/mol. The molecule has 386 valence electrons. The Labute approximate surface area is 461 Å². The minimum atomic E-state index is -4.85. The Bertz CT molecular complexity index is 3530. The number of carbonyl (C=O) groups excluding carboxylic acids is 3. The number of hydrogen-bond acceptors (Lipinski definition) is 11. The number of amides is 4. The second-order valence-electron chi connectivity index (χ2n) is 14.4. The number of benzene rings is 5. The molecule has 31 heteroatoms. The number of hydrazine groups is 2. The molecule has 74 heavy (non-hydrogen) atoms. The zero-order chi connectivity index (χ0) is 54.6. The van der Waals surface area contributed by atoms with Gasteiger partial charge in [-0.3, -0.25) is 26.5 Å². The Balaban J connectivity index is 0.000000183. The van der Waals surface area contributed by atoms with Gasteiger partial charge in [-0.1, -0.05) is 146 Å². The highest BCUT2D eigenvalue weighted by molar-refractivity contribution is 6.56. The molecule has 0 saturated carbocycles. The zero-order valence-corrected chi connectivity index (χ0v) is 43.9. The van der Waals surface area contributed by atoms with Gasteiger partial charge in [0.1, 0.15) is 11.5 Å². The van der Waals surface area contributed by atoms with E-state index < -0.39 is 47.3 Å². The van der Waals surface area contributed by atoms with Crippen LogP contribution in [0.25, 0.3) is 32.7 Å². The number of urea groups is 2. The van der Waals surface area contributed by atoms with Gasteiger partial charge < -0.3 is 10.6 Å². The van der Waals surface area contributed by atoms with E-state index in [0.717, 1.165) is 5.56 Å². The molecule has 0 saturated heterocycles. The molecule has 0 fully saturated rings. The Kier molecular flexibility index (Phi) is 18.7. The van der Waals surface area contributed by atoms with Crippen LogP contribution in [-0.4, -0.2) is 48.3 Å². The summed E-state index contributed by atoms with van der Waals surface area (Å²) in [6, 6.07) is 16.8. The Morgan fingerprint density at radius 3 is 1.47 bits per heavy atom. The van der Waals surface area contributed by atoms with Crippen molar-refractivity contribution in [2.75, 3.05) is 21.5 Å². The summed E-state index contributed by atoms with van der Waals surface area (Å²) in [5.74, 6) is -2.42. The van der Waals surface area contributed by atoms with Gasteiger partial charge in [-0.2, -0.15) is 26.3 Å². The minimum Gasteiger partial charge on any atom is -0.305 e.